The number of nitrogens with zero attached hydrogens (tertiary/aromatic N) is 3. The second kappa shape index (κ2) is 3.00. The topological polar surface area (TPSA) is 98.1 Å². The minimum absolute atomic E-state index is 0.354. The zero-order valence-corrected chi connectivity index (χ0v) is 6.69. The second-order valence-corrected chi connectivity index (χ2v) is 3.16. The van der Waals surface area contributed by atoms with Crippen LogP contribution in [0.1, 0.15) is 13.3 Å². The molecule has 2 atom stereocenters. The van der Waals surface area contributed by atoms with Crippen LogP contribution in [0.4, 0.5) is 0 Å². The number of carboxylic acids is 1. The highest BCUT2D eigenvalue weighted by Gasteiger charge is 2.37. The largest absolute Gasteiger partial charge is 0.480 e. The van der Waals surface area contributed by atoms with Gasteiger partial charge in [0.1, 0.15) is 6.04 Å². The summed E-state index contributed by atoms with van der Waals surface area (Å²) in [7, 11) is 0. The Morgan fingerprint density at radius 2 is 2.58 bits per heavy atom. The SMILES string of the molecule is C[C@@]1(N=[N+]=[N-])CN[C@H](C(=O)O)C1. The van der Waals surface area contributed by atoms with Crippen molar-refractivity contribution in [3.63, 3.8) is 0 Å². The lowest BCUT2D eigenvalue weighted by Crippen LogP contribution is -2.30. The number of azide groups is 1. The summed E-state index contributed by atoms with van der Waals surface area (Å²) >= 11 is 0. The zero-order valence-electron chi connectivity index (χ0n) is 6.69. The quantitative estimate of drug-likeness (QED) is 0.358. The number of rotatable bonds is 2. The van der Waals surface area contributed by atoms with Gasteiger partial charge >= 0.3 is 5.97 Å². The van der Waals surface area contributed by atoms with Crippen molar-refractivity contribution < 1.29 is 9.90 Å². The van der Waals surface area contributed by atoms with Crippen molar-refractivity contribution in [3.8, 4) is 0 Å². The molecule has 0 aromatic carbocycles. The van der Waals surface area contributed by atoms with Crippen molar-refractivity contribution in [1.29, 1.82) is 0 Å². The molecule has 0 bridgehead atoms. The number of carboxylic acid groups (broad SMARTS) is 1. The maximum Gasteiger partial charge on any atom is 0.320 e. The van der Waals surface area contributed by atoms with E-state index >= 15 is 0 Å². The van der Waals surface area contributed by atoms with Crippen molar-refractivity contribution in [2.24, 2.45) is 5.11 Å². The summed E-state index contributed by atoms with van der Waals surface area (Å²) in [5.41, 5.74) is 7.61. The molecule has 1 aliphatic heterocycles. The van der Waals surface area contributed by atoms with E-state index in [1.165, 1.54) is 0 Å². The van der Waals surface area contributed by atoms with Crippen LogP contribution in [0.3, 0.4) is 0 Å². The van der Waals surface area contributed by atoms with Gasteiger partial charge in [-0.05, 0) is 12.0 Å². The third kappa shape index (κ3) is 1.66. The van der Waals surface area contributed by atoms with E-state index in [1.807, 2.05) is 0 Å². The van der Waals surface area contributed by atoms with Gasteiger partial charge in [0.15, 0.2) is 0 Å². The number of hydrogen-bond donors (Lipinski definition) is 2. The third-order valence-electron chi connectivity index (χ3n) is 1.96. The van der Waals surface area contributed by atoms with Gasteiger partial charge in [-0.25, -0.2) is 0 Å². The molecule has 2 N–H and O–H groups in total. The molecule has 66 valence electrons. The van der Waals surface area contributed by atoms with E-state index in [2.05, 4.69) is 15.3 Å². The number of carbonyl (C=O) groups is 1. The second-order valence-electron chi connectivity index (χ2n) is 3.16. The van der Waals surface area contributed by atoms with E-state index < -0.39 is 17.6 Å². The molecular formula is C6H10N4O2. The molecule has 1 aliphatic rings. The summed E-state index contributed by atoms with van der Waals surface area (Å²) in [6.45, 7) is 2.16. The lowest BCUT2D eigenvalue weighted by molar-refractivity contribution is -0.139. The molecule has 0 aromatic heterocycles. The van der Waals surface area contributed by atoms with Crippen LogP contribution in [0.25, 0.3) is 10.4 Å². The first-order valence-corrected chi connectivity index (χ1v) is 3.60. The first-order valence-electron chi connectivity index (χ1n) is 3.60. The van der Waals surface area contributed by atoms with Crippen LogP contribution in [-0.4, -0.2) is 29.2 Å². The molecule has 0 aromatic rings. The highest BCUT2D eigenvalue weighted by atomic mass is 16.4. The Morgan fingerprint density at radius 1 is 1.92 bits per heavy atom. The number of hydrogen-bond acceptors (Lipinski definition) is 3. The number of nitrogens with one attached hydrogen (secondary N) is 1. The molecular weight excluding hydrogens is 160 g/mol. The van der Waals surface area contributed by atoms with Gasteiger partial charge in [-0.15, -0.1) is 0 Å². The predicted octanol–water partition coefficient (Wildman–Crippen LogP) is 0.502. The molecule has 6 nitrogen and oxygen atoms in total. The van der Waals surface area contributed by atoms with Crippen molar-refractivity contribution >= 4 is 5.97 Å². The van der Waals surface area contributed by atoms with Crippen LogP contribution >= 0.6 is 0 Å². The Morgan fingerprint density at radius 3 is 3.00 bits per heavy atom. The van der Waals surface area contributed by atoms with E-state index in [0.29, 0.717) is 13.0 Å². The fourth-order valence-corrected chi connectivity index (χ4v) is 1.29. The molecule has 1 heterocycles. The average molecular weight is 170 g/mol. The Balaban J connectivity index is 2.66. The van der Waals surface area contributed by atoms with Gasteiger partial charge in [-0.2, -0.15) is 0 Å². The molecule has 0 unspecified atom stereocenters. The maximum atomic E-state index is 10.5. The Bertz CT molecular complexity index is 248. The lowest BCUT2D eigenvalue weighted by atomic mass is 10.0. The molecule has 12 heavy (non-hydrogen) atoms. The summed E-state index contributed by atoms with van der Waals surface area (Å²) in [5.74, 6) is -0.896. The molecule has 0 saturated carbocycles. The van der Waals surface area contributed by atoms with E-state index in [9.17, 15) is 4.79 Å². The van der Waals surface area contributed by atoms with Crippen LogP contribution in [0.5, 0.6) is 0 Å². The maximum absolute atomic E-state index is 10.5. The van der Waals surface area contributed by atoms with Crippen molar-refractivity contribution in [3.05, 3.63) is 10.4 Å². The summed E-state index contributed by atoms with van der Waals surface area (Å²) in [4.78, 5) is 13.2. The van der Waals surface area contributed by atoms with Gasteiger partial charge in [0, 0.05) is 11.5 Å². The summed E-state index contributed by atoms with van der Waals surface area (Å²) in [6.07, 6.45) is 0.354. The van der Waals surface area contributed by atoms with Crippen LogP contribution in [0.15, 0.2) is 5.11 Å². The van der Waals surface area contributed by atoms with Gasteiger partial charge in [-0.3, -0.25) is 4.79 Å². The van der Waals surface area contributed by atoms with E-state index in [0.717, 1.165) is 0 Å². The normalized spacial score (nSPS) is 34.2. The molecule has 1 saturated heterocycles. The van der Waals surface area contributed by atoms with Crippen LogP contribution < -0.4 is 5.32 Å². The monoisotopic (exact) mass is 170 g/mol. The van der Waals surface area contributed by atoms with E-state index in [4.69, 9.17) is 10.6 Å². The smallest absolute Gasteiger partial charge is 0.320 e. The van der Waals surface area contributed by atoms with Crippen molar-refractivity contribution in [1.82, 2.24) is 5.32 Å². The van der Waals surface area contributed by atoms with Crippen LogP contribution in [0, 0.1) is 0 Å². The van der Waals surface area contributed by atoms with Gasteiger partial charge in [0.05, 0.1) is 5.54 Å². The van der Waals surface area contributed by atoms with Crippen LogP contribution in [0.2, 0.25) is 0 Å². The molecule has 0 amide bonds. The van der Waals surface area contributed by atoms with Crippen molar-refractivity contribution in [2.45, 2.75) is 24.9 Å². The Labute approximate surface area is 69.2 Å². The fourth-order valence-electron chi connectivity index (χ4n) is 1.29. The van der Waals surface area contributed by atoms with Gasteiger partial charge in [0.25, 0.3) is 0 Å². The van der Waals surface area contributed by atoms with Crippen molar-refractivity contribution in [2.75, 3.05) is 6.54 Å². The molecule has 1 fully saturated rings. The summed E-state index contributed by atoms with van der Waals surface area (Å²) in [5, 5.41) is 14.9. The Kier molecular flexibility index (Phi) is 2.21. The molecule has 6 heteroatoms. The number of aliphatic carboxylic acids is 1. The summed E-state index contributed by atoms with van der Waals surface area (Å²) in [6, 6.07) is -0.583. The first-order chi connectivity index (χ1) is 5.57. The van der Waals surface area contributed by atoms with E-state index in [-0.39, 0.29) is 0 Å². The lowest BCUT2D eigenvalue weighted by Gasteiger charge is -2.13. The first kappa shape index (κ1) is 8.83. The minimum Gasteiger partial charge on any atom is -0.480 e. The Hall–Kier alpha value is -1.26. The standard InChI is InChI=1S/C6H10N4O2/c1-6(9-10-7)2-4(5(11)12)8-3-6/h4,8H,2-3H2,1H3,(H,11,12)/t4-,6-/m0/s1. The minimum atomic E-state index is -0.896. The average Bonchev–Trinajstić information content (AvgIpc) is 2.33. The zero-order chi connectivity index (χ0) is 9.19. The van der Waals surface area contributed by atoms with E-state index in [1.54, 1.807) is 6.92 Å². The predicted molar refractivity (Wildman–Crippen MR) is 41.6 cm³/mol. The fraction of sp³-hybridized carbons (Fsp3) is 0.833. The molecule has 0 aliphatic carbocycles. The van der Waals surface area contributed by atoms with Gasteiger partial charge in [0.2, 0.25) is 0 Å². The molecule has 1 rings (SSSR count). The third-order valence-corrected chi connectivity index (χ3v) is 1.96. The van der Waals surface area contributed by atoms with Gasteiger partial charge < -0.3 is 10.4 Å². The van der Waals surface area contributed by atoms with Crippen LogP contribution in [-0.2, 0) is 4.79 Å². The highest BCUT2D eigenvalue weighted by molar-refractivity contribution is 5.74. The molecule has 0 radical (unpaired) electrons. The summed E-state index contributed by atoms with van der Waals surface area (Å²) < 4.78 is 0. The van der Waals surface area contributed by atoms with Gasteiger partial charge in [-0.1, -0.05) is 12.0 Å². The molecule has 0 spiro atoms. The highest BCUT2D eigenvalue weighted by Crippen LogP contribution is 2.23.